The third kappa shape index (κ3) is 3.82. The van der Waals surface area contributed by atoms with Gasteiger partial charge in [-0.2, -0.15) is 5.10 Å². The summed E-state index contributed by atoms with van der Waals surface area (Å²) in [6.07, 6.45) is 3.66. The van der Waals surface area contributed by atoms with Crippen LogP contribution in [-0.2, 0) is 6.54 Å². The summed E-state index contributed by atoms with van der Waals surface area (Å²) in [6, 6.07) is 18.3. The summed E-state index contributed by atoms with van der Waals surface area (Å²) in [5, 5.41) is 15.6. The second-order valence-electron chi connectivity index (χ2n) is 7.32. The Bertz CT molecular complexity index is 1220. The normalized spacial score (nSPS) is 16.9. The molecule has 5 rings (SSSR count). The molecule has 3 heterocycles. The van der Waals surface area contributed by atoms with Crippen molar-refractivity contribution in [2.45, 2.75) is 32.4 Å². The lowest BCUT2D eigenvalue weighted by Crippen LogP contribution is -2.28. The number of benzene rings is 2. The van der Waals surface area contributed by atoms with E-state index >= 15 is 0 Å². The zero-order valence-electron chi connectivity index (χ0n) is 18.0. The van der Waals surface area contributed by atoms with Crippen molar-refractivity contribution in [2.75, 3.05) is 12.4 Å². The smallest absolute Gasteiger partial charge is 0.272 e. The fraction of sp³-hybridized carbons (Fsp3) is 0.240. The van der Waals surface area contributed by atoms with Crippen LogP contribution in [0.1, 0.15) is 48.2 Å². The van der Waals surface area contributed by atoms with E-state index in [4.69, 9.17) is 0 Å². The molecule has 0 saturated heterocycles. The van der Waals surface area contributed by atoms with Gasteiger partial charge in [0, 0.05) is 30.0 Å². The van der Waals surface area contributed by atoms with E-state index in [0.717, 1.165) is 34.4 Å². The largest absolute Gasteiger partial charge is 0.377 e. The van der Waals surface area contributed by atoms with E-state index in [1.165, 1.54) is 5.56 Å². The molecule has 0 radical (unpaired) electrons. The van der Waals surface area contributed by atoms with Crippen molar-refractivity contribution in [3.05, 3.63) is 99.7 Å². The summed E-state index contributed by atoms with van der Waals surface area (Å²) in [5.74, 6) is -0.0583. The SMILES string of the molecule is CC.CNCc1ccc(C2c3n[nH]c(=O)c4cccc(c34)NC2c2cccnc2)cc1. The first-order valence-electron chi connectivity index (χ1n) is 10.7. The van der Waals surface area contributed by atoms with E-state index in [-0.39, 0.29) is 17.5 Å². The molecule has 3 N–H and O–H groups in total. The molecule has 0 fully saturated rings. The summed E-state index contributed by atoms with van der Waals surface area (Å²) >= 11 is 0. The number of nitrogens with one attached hydrogen (secondary N) is 3. The van der Waals surface area contributed by atoms with Crippen molar-refractivity contribution in [1.29, 1.82) is 0 Å². The van der Waals surface area contributed by atoms with Crippen molar-refractivity contribution in [1.82, 2.24) is 20.5 Å². The van der Waals surface area contributed by atoms with Gasteiger partial charge >= 0.3 is 0 Å². The fourth-order valence-corrected chi connectivity index (χ4v) is 4.23. The van der Waals surface area contributed by atoms with Crippen LogP contribution in [0.3, 0.4) is 0 Å². The molecule has 6 heteroatoms. The van der Waals surface area contributed by atoms with Gasteiger partial charge in [0.25, 0.3) is 5.56 Å². The highest BCUT2D eigenvalue weighted by Crippen LogP contribution is 2.45. The van der Waals surface area contributed by atoms with Gasteiger partial charge in [0.2, 0.25) is 0 Å². The van der Waals surface area contributed by atoms with Gasteiger partial charge in [0.1, 0.15) is 0 Å². The summed E-state index contributed by atoms with van der Waals surface area (Å²) < 4.78 is 0. The average molecular weight is 414 g/mol. The summed E-state index contributed by atoms with van der Waals surface area (Å²) in [6.45, 7) is 4.82. The van der Waals surface area contributed by atoms with E-state index in [0.29, 0.717) is 5.39 Å². The lowest BCUT2D eigenvalue weighted by atomic mass is 9.80. The maximum Gasteiger partial charge on any atom is 0.272 e. The lowest BCUT2D eigenvalue weighted by molar-refractivity contribution is 0.636. The topological polar surface area (TPSA) is 82.7 Å². The Kier molecular flexibility index (Phi) is 6.09. The van der Waals surface area contributed by atoms with Gasteiger partial charge in [-0.1, -0.05) is 50.2 Å². The average Bonchev–Trinajstić information content (AvgIpc) is 2.83. The molecule has 0 spiro atoms. The van der Waals surface area contributed by atoms with Crippen LogP contribution in [0, 0.1) is 0 Å². The Morgan fingerprint density at radius 1 is 1.00 bits per heavy atom. The van der Waals surface area contributed by atoms with Crippen molar-refractivity contribution in [2.24, 2.45) is 0 Å². The molecule has 0 saturated carbocycles. The first-order chi connectivity index (χ1) is 15.3. The fourth-order valence-electron chi connectivity index (χ4n) is 4.23. The molecular weight excluding hydrogens is 386 g/mol. The van der Waals surface area contributed by atoms with Crippen LogP contribution < -0.4 is 16.2 Å². The van der Waals surface area contributed by atoms with Crippen LogP contribution in [0.4, 0.5) is 5.69 Å². The van der Waals surface area contributed by atoms with Gasteiger partial charge in [-0.25, -0.2) is 5.10 Å². The monoisotopic (exact) mass is 413 g/mol. The number of anilines is 1. The molecule has 0 bridgehead atoms. The number of aromatic nitrogens is 3. The van der Waals surface area contributed by atoms with Crippen molar-refractivity contribution in [3.63, 3.8) is 0 Å². The number of hydrogen-bond acceptors (Lipinski definition) is 5. The van der Waals surface area contributed by atoms with Crippen LogP contribution >= 0.6 is 0 Å². The van der Waals surface area contributed by atoms with E-state index in [2.05, 4.69) is 56.1 Å². The van der Waals surface area contributed by atoms with E-state index in [9.17, 15) is 4.79 Å². The third-order valence-corrected chi connectivity index (χ3v) is 5.55. The Morgan fingerprint density at radius 2 is 1.81 bits per heavy atom. The Morgan fingerprint density at radius 3 is 2.52 bits per heavy atom. The molecule has 158 valence electrons. The Hall–Kier alpha value is -3.51. The first kappa shape index (κ1) is 20.8. The zero-order chi connectivity index (χ0) is 21.8. The predicted molar refractivity (Wildman–Crippen MR) is 125 cm³/mol. The van der Waals surface area contributed by atoms with Gasteiger partial charge < -0.3 is 10.6 Å². The minimum Gasteiger partial charge on any atom is -0.377 e. The number of aromatic amines is 1. The first-order valence-corrected chi connectivity index (χ1v) is 10.7. The molecule has 4 aromatic rings. The van der Waals surface area contributed by atoms with Crippen LogP contribution in [0.5, 0.6) is 0 Å². The number of rotatable bonds is 4. The minimum absolute atomic E-state index is 0.0460. The van der Waals surface area contributed by atoms with Gasteiger partial charge in [-0.3, -0.25) is 9.78 Å². The molecule has 2 aromatic carbocycles. The number of nitrogens with zero attached hydrogens (tertiary/aromatic N) is 2. The van der Waals surface area contributed by atoms with Crippen molar-refractivity contribution in [3.8, 4) is 0 Å². The highest BCUT2D eigenvalue weighted by atomic mass is 16.1. The van der Waals surface area contributed by atoms with Crippen molar-refractivity contribution >= 4 is 16.5 Å². The molecule has 31 heavy (non-hydrogen) atoms. The molecule has 2 atom stereocenters. The number of H-pyrrole nitrogens is 1. The molecule has 6 nitrogen and oxygen atoms in total. The Labute approximate surface area is 181 Å². The maximum atomic E-state index is 12.4. The molecule has 1 aliphatic heterocycles. The second kappa shape index (κ2) is 9.10. The Balaban J connectivity index is 0.00000112. The molecule has 2 unspecified atom stereocenters. The van der Waals surface area contributed by atoms with E-state index < -0.39 is 0 Å². The standard InChI is InChI=1S/C23H21N5O.C2H6/c1-24-12-14-7-9-15(10-8-14)19-21(16-4-3-11-25-13-16)26-18-6-2-5-17-20(18)22(19)27-28-23(17)29;1-2/h2-11,13,19,21,24,26H,12H2,1H3,(H,28,29);1-2H3. The summed E-state index contributed by atoms with van der Waals surface area (Å²) in [7, 11) is 1.94. The van der Waals surface area contributed by atoms with Gasteiger partial charge in [0.15, 0.2) is 0 Å². The minimum atomic E-state index is -0.171. The summed E-state index contributed by atoms with van der Waals surface area (Å²) in [5.41, 5.74) is 5.07. The molecule has 2 aromatic heterocycles. The van der Waals surface area contributed by atoms with Crippen LogP contribution in [0.15, 0.2) is 71.8 Å². The third-order valence-electron chi connectivity index (χ3n) is 5.55. The lowest BCUT2D eigenvalue weighted by Gasteiger charge is -2.34. The van der Waals surface area contributed by atoms with E-state index in [1.807, 2.05) is 51.4 Å². The quantitative estimate of drug-likeness (QED) is 0.463. The number of hydrogen-bond donors (Lipinski definition) is 3. The van der Waals surface area contributed by atoms with Crippen LogP contribution in [0.2, 0.25) is 0 Å². The molecule has 0 aliphatic carbocycles. The van der Waals surface area contributed by atoms with E-state index in [1.54, 1.807) is 6.20 Å². The predicted octanol–water partition coefficient (Wildman–Crippen LogP) is 4.36. The highest BCUT2D eigenvalue weighted by Gasteiger charge is 2.34. The van der Waals surface area contributed by atoms with Gasteiger partial charge in [-0.15, -0.1) is 0 Å². The van der Waals surface area contributed by atoms with Crippen LogP contribution in [0.25, 0.3) is 10.8 Å². The van der Waals surface area contributed by atoms with Gasteiger partial charge in [-0.05, 0) is 41.9 Å². The van der Waals surface area contributed by atoms with Gasteiger partial charge in [0.05, 0.1) is 23.0 Å². The number of pyridine rings is 1. The summed E-state index contributed by atoms with van der Waals surface area (Å²) in [4.78, 5) is 16.7. The molecule has 1 aliphatic rings. The maximum absolute atomic E-state index is 12.4. The van der Waals surface area contributed by atoms with Crippen molar-refractivity contribution < 1.29 is 0 Å². The molecule has 0 amide bonds. The zero-order valence-corrected chi connectivity index (χ0v) is 18.0. The highest BCUT2D eigenvalue weighted by molar-refractivity contribution is 5.97. The molecular formula is C25H27N5O. The second-order valence-corrected chi connectivity index (χ2v) is 7.32. The van der Waals surface area contributed by atoms with Crippen LogP contribution in [-0.4, -0.2) is 22.2 Å².